The predicted octanol–water partition coefficient (Wildman–Crippen LogP) is 4.46. The van der Waals surface area contributed by atoms with Gasteiger partial charge in [-0.2, -0.15) is 44.4 Å². The van der Waals surface area contributed by atoms with Gasteiger partial charge in [0.15, 0.2) is 0 Å². The van der Waals surface area contributed by atoms with E-state index in [1.807, 2.05) is 0 Å². The average molecular weight is 327 g/mol. The topological polar surface area (TPSA) is 21.3 Å². The lowest BCUT2D eigenvalue weighted by Gasteiger charge is -2.32. The number of alkyl halides is 9. The Balaban J connectivity index is 2.94. The normalized spacial score (nSPS) is 14.1. The average Bonchev–Trinajstić information content (AvgIpc) is 2.36. The quantitative estimate of drug-likeness (QED) is 0.637. The second-order valence-corrected chi connectivity index (χ2v) is 3.73. The third-order valence-electron chi connectivity index (χ3n) is 2.19. The smallest absolute Gasteiger partial charge is 0.261 e. The molecular weight excluding hydrogens is 321 g/mol. The summed E-state index contributed by atoms with van der Waals surface area (Å²) >= 11 is 0. The summed E-state index contributed by atoms with van der Waals surface area (Å²) in [5.41, 5.74) is 0.826. The molecule has 0 atom stereocenters. The van der Waals surface area contributed by atoms with E-state index < -0.39 is 24.1 Å². The molecule has 0 radical (unpaired) electrons. The van der Waals surface area contributed by atoms with Crippen LogP contribution >= 0.6 is 0 Å². The van der Waals surface area contributed by atoms with Gasteiger partial charge in [-0.3, -0.25) is 5.48 Å². The second kappa shape index (κ2) is 5.28. The SMILES string of the molecule is FC(F)(F)C(F)(F)C(F)(F)C(F)(F)ONc1ccccc1. The molecule has 0 saturated carbocycles. The van der Waals surface area contributed by atoms with Gasteiger partial charge in [-0.1, -0.05) is 18.2 Å². The van der Waals surface area contributed by atoms with Crippen molar-refractivity contribution in [2.45, 2.75) is 24.1 Å². The van der Waals surface area contributed by atoms with Crippen molar-refractivity contribution in [3.63, 3.8) is 0 Å². The van der Waals surface area contributed by atoms with Crippen molar-refractivity contribution in [3.05, 3.63) is 30.3 Å². The van der Waals surface area contributed by atoms with Crippen LogP contribution in [-0.2, 0) is 4.84 Å². The van der Waals surface area contributed by atoms with E-state index in [4.69, 9.17) is 0 Å². The molecule has 0 bridgehead atoms. The Bertz CT molecular complexity index is 471. The monoisotopic (exact) mass is 327 g/mol. The Morgan fingerprint density at radius 3 is 1.62 bits per heavy atom. The van der Waals surface area contributed by atoms with Crippen molar-refractivity contribution >= 4 is 5.69 Å². The summed E-state index contributed by atoms with van der Waals surface area (Å²) in [6.45, 7) is 0. The van der Waals surface area contributed by atoms with Crippen LogP contribution in [0.5, 0.6) is 0 Å². The molecule has 0 heterocycles. The fourth-order valence-electron chi connectivity index (χ4n) is 1.05. The lowest BCUT2D eigenvalue weighted by Crippen LogP contribution is -2.62. The molecule has 120 valence electrons. The Morgan fingerprint density at radius 1 is 0.714 bits per heavy atom. The minimum absolute atomic E-state index is 0.358. The molecule has 2 nitrogen and oxygen atoms in total. The van der Waals surface area contributed by atoms with Gasteiger partial charge in [0.1, 0.15) is 0 Å². The summed E-state index contributed by atoms with van der Waals surface area (Å²) in [4.78, 5) is 3.05. The molecule has 1 N–H and O–H groups in total. The van der Waals surface area contributed by atoms with Crippen LogP contribution in [0, 0.1) is 0 Å². The molecule has 0 aliphatic rings. The molecule has 0 unspecified atom stereocenters. The summed E-state index contributed by atoms with van der Waals surface area (Å²) in [6.07, 6.45) is -13.0. The van der Waals surface area contributed by atoms with Crippen LogP contribution in [0.2, 0.25) is 0 Å². The lowest BCUT2D eigenvalue weighted by atomic mass is 10.1. The molecule has 1 aromatic rings. The highest BCUT2D eigenvalue weighted by Crippen LogP contribution is 2.53. The number of para-hydroxylation sites is 1. The van der Waals surface area contributed by atoms with Crippen LogP contribution < -0.4 is 5.48 Å². The van der Waals surface area contributed by atoms with E-state index in [1.165, 1.54) is 23.7 Å². The number of anilines is 1. The van der Waals surface area contributed by atoms with Gasteiger partial charge in [-0.25, -0.2) is 0 Å². The molecule has 11 heteroatoms. The zero-order valence-electron chi connectivity index (χ0n) is 9.70. The fraction of sp³-hybridized carbons (Fsp3) is 0.400. The van der Waals surface area contributed by atoms with Crippen LogP contribution in [0.25, 0.3) is 0 Å². The number of halogens is 9. The number of nitrogens with one attached hydrogen (secondary N) is 1. The minimum Gasteiger partial charge on any atom is -0.261 e. The molecule has 0 aliphatic heterocycles. The molecule has 21 heavy (non-hydrogen) atoms. The summed E-state index contributed by atoms with van der Waals surface area (Å²) in [5.74, 6) is -13.8. The third-order valence-corrected chi connectivity index (χ3v) is 2.19. The van der Waals surface area contributed by atoms with Gasteiger partial charge >= 0.3 is 24.1 Å². The molecule has 0 aliphatic carbocycles. The van der Waals surface area contributed by atoms with E-state index in [1.54, 1.807) is 0 Å². The van der Waals surface area contributed by atoms with Gasteiger partial charge in [0.25, 0.3) is 0 Å². The van der Waals surface area contributed by atoms with E-state index in [0.717, 1.165) is 12.1 Å². The maximum Gasteiger partial charge on any atom is 0.460 e. The van der Waals surface area contributed by atoms with Crippen molar-refractivity contribution in [3.8, 4) is 0 Å². The Morgan fingerprint density at radius 2 is 1.19 bits per heavy atom. The second-order valence-electron chi connectivity index (χ2n) is 3.73. The molecule has 0 spiro atoms. The number of hydrogen-bond donors (Lipinski definition) is 1. The number of rotatable bonds is 5. The van der Waals surface area contributed by atoms with Crippen LogP contribution in [-0.4, -0.2) is 24.1 Å². The number of benzene rings is 1. The van der Waals surface area contributed by atoms with Crippen molar-refractivity contribution in [1.82, 2.24) is 0 Å². The summed E-state index contributed by atoms with van der Waals surface area (Å²) < 4.78 is 112. The Labute approximate surface area is 111 Å². The summed E-state index contributed by atoms with van der Waals surface area (Å²) in [5, 5.41) is 0. The fourth-order valence-corrected chi connectivity index (χ4v) is 1.05. The number of hydrogen-bond acceptors (Lipinski definition) is 2. The largest absolute Gasteiger partial charge is 0.460 e. The van der Waals surface area contributed by atoms with Crippen molar-refractivity contribution in [2.75, 3.05) is 5.48 Å². The highest BCUT2D eigenvalue weighted by atomic mass is 19.4. The van der Waals surface area contributed by atoms with Crippen LogP contribution in [0.15, 0.2) is 30.3 Å². The van der Waals surface area contributed by atoms with Gasteiger partial charge in [-0.05, 0) is 12.1 Å². The van der Waals surface area contributed by atoms with E-state index in [-0.39, 0.29) is 5.69 Å². The van der Waals surface area contributed by atoms with Gasteiger partial charge in [0, 0.05) is 0 Å². The Hall–Kier alpha value is -1.65. The van der Waals surface area contributed by atoms with Crippen molar-refractivity contribution < 1.29 is 44.4 Å². The lowest BCUT2D eigenvalue weighted by molar-refractivity contribution is -0.440. The zero-order chi connectivity index (χ0) is 16.5. The van der Waals surface area contributed by atoms with E-state index in [2.05, 4.69) is 4.84 Å². The van der Waals surface area contributed by atoms with Crippen molar-refractivity contribution in [1.29, 1.82) is 0 Å². The van der Waals surface area contributed by atoms with Gasteiger partial charge in [0.05, 0.1) is 5.69 Å². The van der Waals surface area contributed by atoms with Crippen LogP contribution in [0.4, 0.5) is 45.2 Å². The highest BCUT2D eigenvalue weighted by molar-refractivity contribution is 5.40. The molecule has 0 saturated heterocycles. The van der Waals surface area contributed by atoms with E-state index in [9.17, 15) is 39.5 Å². The Kier molecular flexibility index (Phi) is 4.37. The molecular formula is C10H6F9NO. The first-order chi connectivity index (χ1) is 9.33. The summed E-state index contributed by atoms with van der Waals surface area (Å²) in [7, 11) is 0. The molecule has 1 rings (SSSR count). The molecule has 0 fully saturated rings. The van der Waals surface area contributed by atoms with Gasteiger partial charge < -0.3 is 0 Å². The molecule has 0 amide bonds. The molecule has 0 aromatic heterocycles. The maximum atomic E-state index is 12.9. The minimum atomic E-state index is -6.98. The highest BCUT2D eigenvalue weighted by Gasteiger charge is 2.83. The van der Waals surface area contributed by atoms with Crippen LogP contribution in [0.3, 0.4) is 0 Å². The van der Waals surface area contributed by atoms with Gasteiger partial charge in [-0.15, -0.1) is 0 Å². The summed E-state index contributed by atoms with van der Waals surface area (Å²) in [6, 6.07) is 5.93. The third kappa shape index (κ3) is 3.17. The first-order valence-corrected chi connectivity index (χ1v) is 5.02. The zero-order valence-corrected chi connectivity index (χ0v) is 9.70. The van der Waals surface area contributed by atoms with Crippen molar-refractivity contribution in [2.24, 2.45) is 0 Å². The first kappa shape index (κ1) is 17.4. The predicted molar refractivity (Wildman–Crippen MR) is 52.0 cm³/mol. The maximum absolute atomic E-state index is 12.9. The standard InChI is InChI=1S/C10H6F9NO/c11-7(12,9(15,16)17)8(13,14)10(18,19)21-20-6-4-2-1-3-5-6/h1-5,20H. The van der Waals surface area contributed by atoms with E-state index in [0.29, 0.717) is 0 Å². The van der Waals surface area contributed by atoms with E-state index >= 15 is 0 Å². The van der Waals surface area contributed by atoms with Crippen LogP contribution in [0.1, 0.15) is 0 Å². The van der Waals surface area contributed by atoms with Gasteiger partial charge in [0.2, 0.25) is 0 Å². The molecule has 1 aromatic carbocycles. The first-order valence-electron chi connectivity index (χ1n) is 5.02.